The Labute approximate surface area is 207 Å². The van der Waals surface area contributed by atoms with Crippen molar-refractivity contribution in [2.75, 3.05) is 25.1 Å². The van der Waals surface area contributed by atoms with E-state index in [1.807, 2.05) is 24.3 Å². The van der Waals surface area contributed by atoms with Gasteiger partial charge in [0.05, 0.1) is 17.7 Å². The summed E-state index contributed by atoms with van der Waals surface area (Å²) in [5, 5.41) is 3.95. The van der Waals surface area contributed by atoms with Crippen LogP contribution in [0.1, 0.15) is 37.6 Å². The molecular formula is C26H34N2O6S. The standard InChI is InChI=1S/C26H34N2O6S/c1-8-33-26(32-7)28(25-18(4)19(5)27-34-25)35(29,30)24-16-22(31-6)13-14-23(24)21-11-9-20(10-12-21)15-17(2)3/h9-14,16-17,26H,8,15H2,1-7H3. The van der Waals surface area contributed by atoms with Crippen molar-refractivity contribution in [3.63, 3.8) is 0 Å². The summed E-state index contributed by atoms with van der Waals surface area (Å²) in [5.41, 5.74) is 3.60. The molecule has 1 heterocycles. The number of nitrogens with zero attached hydrogens (tertiary/aromatic N) is 2. The fourth-order valence-electron chi connectivity index (χ4n) is 3.78. The van der Waals surface area contributed by atoms with E-state index in [-0.39, 0.29) is 17.4 Å². The van der Waals surface area contributed by atoms with E-state index in [9.17, 15) is 8.42 Å². The van der Waals surface area contributed by atoms with Crippen LogP contribution in [-0.2, 0) is 25.9 Å². The van der Waals surface area contributed by atoms with E-state index in [4.69, 9.17) is 18.7 Å². The summed E-state index contributed by atoms with van der Waals surface area (Å²) in [5.74, 6) is 0.952. The molecular weight excluding hydrogens is 468 g/mol. The number of rotatable bonds is 11. The molecule has 8 nitrogen and oxygen atoms in total. The van der Waals surface area contributed by atoms with Gasteiger partial charge in [-0.1, -0.05) is 43.3 Å². The van der Waals surface area contributed by atoms with Gasteiger partial charge in [0, 0.05) is 30.9 Å². The molecule has 0 aliphatic rings. The van der Waals surface area contributed by atoms with Gasteiger partial charge in [-0.05, 0) is 56.4 Å². The average Bonchev–Trinajstić information content (AvgIpc) is 3.16. The SMILES string of the molecule is CCOC(OC)N(c1onc(C)c1C)S(=O)(=O)c1cc(OC)ccc1-c1ccc(CC(C)C)cc1. The van der Waals surface area contributed by atoms with Gasteiger partial charge in [0.2, 0.25) is 5.88 Å². The van der Waals surface area contributed by atoms with Crippen molar-refractivity contribution < 1.29 is 27.2 Å². The zero-order valence-electron chi connectivity index (χ0n) is 21.4. The minimum Gasteiger partial charge on any atom is -0.497 e. The molecule has 0 aliphatic carbocycles. The monoisotopic (exact) mass is 502 g/mol. The molecule has 3 rings (SSSR count). The summed E-state index contributed by atoms with van der Waals surface area (Å²) in [7, 11) is -1.40. The summed E-state index contributed by atoms with van der Waals surface area (Å²) in [6.45, 7) is 9.78. The quantitative estimate of drug-likeness (QED) is 0.327. The van der Waals surface area contributed by atoms with Crippen LogP contribution in [0.4, 0.5) is 5.88 Å². The zero-order chi connectivity index (χ0) is 25.8. The van der Waals surface area contributed by atoms with Gasteiger partial charge >= 0.3 is 0 Å². The summed E-state index contributed by atoms with van der Waals surface area (Å²) >= 11 is 0. The number of benzene rings is 2. The minimum absolute atomic E-state index is 0.0312. The molecule has 190 valence electrons. The Morgan fingerprint density at radius 2 is 1.74 bits per heavy atom. The Kier molecular flexibility index (Phi) is 8.58. The molecule has 0 radical (unpaired) electrons. The molecule has 3 aromatic rings. The maximum Gasteiger partial charge on any atom is 0.271 e. The summed E-state index contributed by atoms with van der Waals surface area (Å²) in [6.07, 6.45) is -0.320. The highest BCUT2D eigenvalue weighted by Gasteiger charge is 2.38. The highest BCUT2D eigenvalue weighted by molar-refractivity contribution is 7.93. The van der Waals surface area contributed by atoms with Crippen molar-refractivity contribution in [3.8, 4) is 16.9 Å². The Morgan fingerprint density at radius 1 is 1.06 bits per heavy atom. The second-order valence-electron chi connectivity index (χ2n) is 8.65. The highest BCUT2D eigenvalue weighted by Crippen LogP contribution is 2.37. The molecule has 0 aliphatic heterocycles. The first-order chi connectivity index (χ1) is 16.6. The number of hydrogen-bond acceptors (Lipinski definition) is 7. The van der Waals surface area contributed by atoms with E-state index in [2.05, 4.69) is 19.0 Å². The lowest BCUT2D eigenvalue weighted by molar-refractivity contribution is -0.112. The minimum atomic E-state index is -4.27. The van der Waals surface area contributed by atoms with Gasteiger partial charge in [0.15, 0.2) is 0 Å². The van der Waals surface area contributed by atoms with Gasteiger partial charge in [-0.25, -0.2) is 8.42 Å². The van der Waals surface area contributed by atoms with Crippen molar-refractivity contribution in [2.24, 2.45) is 5.92 Å². The van der Waals surface area contributed by atoms with Crippen molar-refractivity contribution >= 4 is 15.9 Å². The predicted molar refractivity (Wildman–Crippen MR) is 135 cm³/mol. The summed E-state index contributed by atoms with van der Waals surface area (Å²) in [4.78, 5) is 0.0312. The van der Waals surface area contributed by atoms with Gasteiger partial charge in [-0.15, -0.1) is 0 Å². The molecule has 1 aromatic heterocycles. The molecule has 1 atom stereocenters. The van der Waals surface area contributed by atoms with Crippen LogP contribution in [0.3, 0.4) is 0 Å². The Balaban J connectivity index is 2.22. The number of sulfonamides is 1. The third kappa shape index (κ3) is 5.69. The van der Waals surface area contributed by atoms with Gasteiger partial charge in [-0.2, -0.15) is 4.31 Å². The number of methoxy groups -OCH3 is 2. The summed E-state index contributed by atoms with van der Waals surface area (Å²) in [6, 6.07) is 12.9. The van der Waals surface area contributed by atoms with Crippen molar-refractivity contribution in [2.45, 2.75) is 52.3 Å². The lowest BCUT2D eigenvalue weighted by atomic mass is 9.99. The molecule has 0 saturated carbocycles. The third-order valence-electron chi connectivity index (χ3n) is 5.67. The molecule has 0 N–H and O–H groups in total. The van der Waals surface area contributed by atoms with Gasteiger partial charge in [-0.3, -0.25) is 0 Å². The Bertz CT molecular complexity index is 1240. The molecule has 0 amide bonds. The van der Waals surface area contributed by atoms with E-state index >= 15 is 0 Å². The maximum atomic E-state index is 14.3. The van der Waals surface area contributed by atoms with Crippen LogP contribution in [0.25, 0.3) is 11.1 Å². The van der Waals surface area contributed by atoms with Crippen LogP contribution >= 0.6 is 0 Å². The maximum absolute atomic E-state index is 14.3. The van der Waals surface area contributed by atoms with E-state index < -0.39 is 16.4 Å². The van der Waals surface area contributed by atoms with Crippen LogP contribution in [0.5, 0.6) is 5.75 Å². The van der Waals surface area contributed by atoms with E-state index in [1.54, 1.807) is 32.9 Å². The highest BCUT2D eigenvalue weighted by atomic mass is 32.2. The van der Waals surface area contributed by atoms with E-state index in [1.165, 1.54) is 25.8 Å². The smallest absolute Gasteiger partial charge is 0.271 e. The first-order valence-electron chi connectivity index (χ1n) is 11.5. The fourth-order valence-corrected chi connectivity index (χ4v) is 5.48. The lowest BCUT2D eigenvalue weighted by Crippen LogP contribution is -2.43. The largest absolute Gasteiger partial charge is 0.497 e. The first kappa shape index (κ1) is 26.7. The van der Waals surface area contributed by atoms with Crippen molar-refractivity contribution in [1.29, 1.82) is 0 Å². The molecule has 2 aromatic carbocycles. The second kappa shape index (κ2) is 11.2. The van der Waals surface area contributed by atoms with Crippen LogP contribution in [0.15, 0.2) is 51.9 Å². The first-order valence-corrected chi connectivity index (χ1v) is 13.0. The molecule has 0 spiro atoms. The van der Waals surface area contributed by atoms with Crippen LogP contribution in [0, 0.1) is 19.8 Å². The Morgan fingerprint density at radius 3 is 2.26 bits per heavy atom. The van der Waals surface area contributed by atoms with Crippen LogP contribution < -0.4 is 9.04 Å². The van der Waals surface area contributed by atoms with Crippen molar-refractivity contribution in [1.82, 2.24) is 5.16 Å². The zero-order valence-corrected chi connectivity index (χ0v) is 22.2. The lowest BCUT2D eigenvalue weighted by Gasteiger charge is -2.29. The molecule has 1 unspecified atom stereocenters. The average molecular weight is 503 g/mol. The van der Waals surface area contributed by atoms with Crippen molar-refractivity contribution in [3.05, 3.63) is 59.3 Å². The summed E-state index contributed by atoms with van der Waals surface area (Å²) < 4.78 is 51.4. The topological polar surface area (TPSA) is 91.1 Å². The predicted octanol–water partition coefficient (Wildman–Crippen LogP) is 5.33. The second-order valence-corrected chi connectivity index (χ2v) is 10.4. The molecule has 35 heavy (non-hydrogen) atoms. The number of ether oxygens (including phenoxy) is 3. The normalized spacial score (nSPS) is 12.7. The number of aromatic nitrogens is 1. The van der Waals surface area contributed by atoms with Crippen LogP contribution in [0.2, 0.25) is 0 Å². The van der Waals surface area contributed by atoms with Gasteiger partial charge in [0.25, 0.3) is 16.4 Å². The molecule has 0 bridgehead atoms. The molecule has 0 saturated heterocycles. The molecule has 9 heteroatoms. The third-order valence-corrected chi connectivity index (χ3v) is 7.42. The van der Waals surface area contributed by atoms with E-state index in [0.717, 1.165) is 16.3 Å². The van der Waals surface area contributed by atoms with E-state index in [0.29, 0.717) is 28.5 Å². The number of hydrogen-bond donors (Lipinski definition) is 0. The van der Waals surface area contributed by atoms with Gasteiger partial charge in [0.1, 0.15) is 5.75 Å². The fraction of sp³-hybridized carbons (Fsp3) is 0.423. The number of aryl methyl sites for hydroxylation is 1. The Hall–Kier alpha value is -2.88. The molecule has 0 fully saturated rings. The van der Waals surface area contributed by atoms with Gasteiger partial charge < -0.3 is 18.7 Å². The number of anilines is 1. The van der Waals surface area contributed by atoms with Crippen LogP contribution in [-0.4, -0.2) is 40.8 Å².